The van der Waals surface area contributed by atoms with E-state index in [1.165, 1.54) is 6.92 Å². The molecule has 0 spiro atoms. The first-order valence-corrected chi connectivity index (χ1v) is 8.03. The maximum atomic E-state index is 13.6. The van der Waals surface area contributed by atoms with E-state index < -0.39 is 47.0 Å². The van der Waals surface area contributed by atoms with E-state index in [9.17, 15) is 18.0 Å². The second kappa shape index (κ2) is 7.98. The number of nitrogens with zero attached hydrogens (tertiary/aromatic N) is 3. The Kier molecular flexibility index (Phi) is 4.36. The zero-order valence-electron chi connectivity index (χ0n) is 16.7. The van der Waals surface area contributed by atoms with Gasteiger partial charge >= 0.3 is 0 Å². The van der Waals surface area contributed by atoms with Gasteiger partial charge in [-0.1, -0.05) is 0 Å². The molecule has 1 aromatic heterocycles. The quantitative estimate of drug-likeness (QED) is 0.251. The van der Waals surface area contributed by atoms with Crippen LogP contribution in [0.3, 0.4) is 0 Å². The number of rotatable bonds is 7. The van der Waals surface area contributed by atoms with Gasteiger partial charge in [0, 0.05) is 15.8 Å². The third-order valence-electron chi connectivity index (χ3n) is 2.60. The van der Waals surface area contributed by atoms with Crippen molar-refractivity contribution in [2.45, 2.75) is 6.92 Å². The number of benzene rings is 1. The molecule has 0 saturated carbocycles. The Morgan fingerprint density at radius 3 is 3.04 bits per heavy atom. The number of nitrogens with one attached hydrogen (secondary N) is 3. The standard InChI is InChI=1S/C12H16FN7O4S/c1-7-6-8(2-3-9(7)13)17-12(18-21)10-11(20-24-19-10)15-4-5-16-25(14,22)23/h2-3,6,16,21H,4-5H2,1H3,(H,15,20)(H,17,18)(H2,14,22,23)/i2D,5D2,6D. The van der Waals surface area contributed by atoms with Gasteiger partial charge in [0.2, 0.25) is 5.82 Å². The zero-order valence-corrected chi connectivity index (χ0v) is 13.5. The first kappa shape index (κ1) is 13.7. The highest BCUT2D eigenvalue weighted by Gasteiger charge is 2.16. The van der Waals surface area contributed by atoms with Gasteiger partial charge in [-0.05, 0) is 41.0 Å². The lowest BCUT2D eigenvalue weighted by Crippen LogP contribution is -2.34. The highest BCUT2D eigenvalue weighted by Crippen LogP contribution is 2.19. The molecule has 0 aliphatic rings. The van der Waals surface area contributed by atoms with Crippen LogP contribution >= 0.6 is 0 Å². The van der Waals surface area contributed by atoms with Gasteiger partial charge in [-0.25, -0.2) is 23.9 Å². The molecule has 2 aromatic rings. The third kappa shape index (κ3) is 5.46. The average Bonchev–Trinajstić information content (AvgIpc) is 3.05. The lowest BCUT2D eigenvalue weighted by atomic mass is 10.2. The van der Waals surface area contributed by atoms with Crippen LogP contribution in [-0.4, -0.2) is 42.8 Å². The number of hydrogen-bond acceptors (Lipinski definition) is 8. The maximum absolute atomic E-state index is 13.6. The zero-order chi connectivity index (χ0) is 22.0. The number of halogens is 1. The summed E-state index contributed by atoms with van der Waals surface area (Å²) in [5.41, 5.74) is 1.02. The Hall–Kier alpha value is -2.61. The summed E-state index contributed by atoms with van der Waals surface area (Å²) in [7, 11) is -4.33. The SMILES string of the molecule is [2H]c1cc(F)c(C)c([2H])c1N=C(NO)c1nonc1NCC([2H])([2H])NS(N)(=O)=O. The van der Waals surface area contributed by atoms with Crippen LogP contribution in [0.4, 0.5) is 15.9 Å². The van der Waals surface area contributed by atoms with Gasteiger partial charge in [-0.3, -0.25) is 10.7 Å². The van der Waals surface area contributed by atoms with E-state index in [-0.39, 0.29) is 22.8 Å². The largest absolute Gasteiger partial charge is 0.364 e. The minimum absolute atomic E-state index is 0.0732. The Balaban J connectivity index is 2.35. The Labute approximate surface area is 147 Å². The molecule has 0 saturated heterocycles. The summed E-state index contributed by atoms with van der Waals surface area (Å²) in [6, 6.07) is 0.00223. The summed E-state index contributed by atoms with van der Waals surface area (Å²) in [5, 5.41) is 23.4. The highest BCUT2D eigenvalue weighted by molar-refractivity contribution is 7.87. The predicted octanol–water partition coefficient (Wildman–Crippen LogP) is -0.221. The van der Waals surface area contributed by atoms with E-state index in [4.69, 9.17) is 10.6 Å². The van der Waals surface area contributed by atoms with Gasteiger partial charge in [0.15, 0.2) is 11.5 Å². The fraction of sp³-hybridized carbons (Fsp3) is 0.250. The topological polar surface area (TPSA) is 168 Å². The molecule has 136 valence electrons. The molecule has 1 aromatic carbocycles. The highest BCUT2D eigenvalue weighted by atomic mass is 32.2. The molecule has 0 bridgehead atoms. The summed E-state index contributed by atoms with van der Waals surface area (Å²) in [5.74, 6) is -1.49. The number of aromatic nitrogens is 2. The van der Waals surface area contributed by atoms with Crippen LogP contribution in [-0.2, 0) is 10.2 Å². The van der Waals surface area contributed by atoms with Gasteiger partial charge in [0.05, 0.1) is 8.43 Å². The van der Waals surface area contributed by atoms with E-state index in [1.807, 2.05) is 0 Å². The van der Waals surface area contributed by atoms with Gasteiger partial charge in [-0.15, -0.1) is 0 Å². The summed E-state index contributed by atoms with van der Waals surface area (Å²) >= 11 is 0. The van der Waals surface area contributed by atoms with Crippen LogP contribution in [0.2, 0.25) is 0 Å². The molecule has 25 heavy (non-hydrogen) atoms. The molecule has 0 aliphatic carbocycles. The maximum Gasteiger partial charge on any atom is 0.274 e. The summed E-state index contributed by atoms with van der Waals surface area (Å²) in [6.45, 7) is -1.88. The fourth-order valence-electron chi connectivity index (χ4n) is 1.54. The number of aliphatic imine (C=N–C) groups is 1. The number of hydroxylamine groups is 1. The Morgan fingerprint density at radius 2 is 2.36 bits per heavy atom. The van der Waals surface area contributed by atoms with Crippen molar-refractivity contribution in [2.24, 2.45) is 10.1 Å². The Bertz CT molecular complexity index is 1050. The van der Waals surface area contributed by atoms with E-state index >= 15 is 0 Å². The molecule has 11 nitrogen and oxygen atoms in total. The first-order chi connectivity index (χ1) is 13.3. The molecule has 0 unspecified atom stereocenters. The predicted molar refractivity (Wildman–Crippen MR) is 86.2 cm³/mol. The molecule has 0 fully saturated rings. The molecule has 0 amide bonds. The number of anilines is 1. The van der Waals surface area contributed by atoms with Gasteiger partial charge in [-0.2, -0.15) is 8.42 Å². The molecule has 0 aliphatic heterocycles. The molecule has 0 radical (unpaired) electrons. The van der Waals surface area contributed by atoms with Crippen molar-refractivity contribution in [1.29, 1.82) is 0 Å². The lowest BCUT2D eigenvalue weighted by molar-refractivity contribution is 0.234. The molecular formula is C12H16FN7O4S. The molecular weight excluding hydrogens is 357 g/mol. The van der Waals surface area contributed by atoms with Crippen LogP contribution in [0.5, 0.6) is 0 Å². The van der Waals surface area contributed by atoms with Crippen LogP contribution in [0.25, 0.3) is 0 Å². The fourth-order valence-corrected chi connectivity index (χ4v) is 1.81. The summed E-state index contributed by atoms with van der Waals surface area (Å²) in [6.07, 6.45) is 0. The molecule has 0 atom stereocenters. The van der Waals surface area contributed by atoms with Crippen molar-refractivity contribution >= 4 is 27.6 Å². The first-order valence-electron chi connectivity index (χ1n) is 8.48. The van der Waals surface area contributed by atoms with Crippen molar-refractivity contribution in [3.63, 3.8) is 0 Å². The normalized spacial score (nSPS) is 15.1. The number of hydrogen-bond donors (Lipinski definition) is 5. The van der Waals surface area contributed by atoms with E-state index in [1.54, 1.807) is 10.2 Å². The lowest BCUT2D eigenvalue weighted by Gasteiger charge is -2.06. The van der Waals surface area contributed by atoms with Gasteiger partial charge < -0.3 is 5.32 Å². The minimum atomic E-state index is -4.33. The van der Waals surface area contributed by atoms with Crippen LogP contribution in [0, 0.1) is 12.7 Å². The molecule has 1 heterocycles. The van der Waals surface area contributed by atoms with Crippen LogP contribution < -0.4 is 20.7 Å². The van der Waals surface area contributed by atoms with E-state index in [0.717, 1.165) is 6.07 Å². The minimum Gasteiger partial charge on any atom is -0.364 e. The van der Waals surface area contributed by atoms with Crippen LogP contribution in [0.1, 0.15) is 16.7 Å². The van der Waals surface area contributed by atoms with E-state index in [0.29, 0.717) is 0 Å². The van der Waals surface area contributed by atoms with Crippen molar-refractivity contribution in [1.82, 2.24) is 20.5 Å². The van der Waals surface area contributed by atoms with Gasteiger partial charge in [0.1, 0.15) is 5.82 Å². The molecule has 2 rings (SSSR count). The van der Waals surface area contributed by atoms with E-state index in [2.05, 4.69) is 25.3 Å². The molecule has 13 heteroatoms. The Morgan fingerprint density at radius 1 is 1.60 bits per heavy atom. The summed E-state index contributed by atoms with van der Waals surface area (Å²) in [4.78, 5) is 3.87. The second-order valence-corrected chi connectivity index (χ2v) is 5.74. The number of amidine groups is 1. The van der Waals surface area contributed by atoms with Crippen molar-refractivity contribution in [3.05, 3.63) is 35.2 Å². The third-order valence-corrected chi connectivity index (χ3v) is 3.03. The monoisotopic (exact) mass is 377 g/mol. The second-order valence-electron chi connectivity index (χ2n) is 4.45. The smallest absolute Gasteiger partial charge is 0.274 e. The number of nitrogens with two attached hydrogens (primary N) is 1. The van der Waals surface area contributed by atoms with Crippen molar-refractivity contribution < 1.29 is 28.1 Å². The van der Waals surface area contributed by atoms with Crippen LogP contribution in [0.15, 0.2) is 27.8 Å². The molecule has 6 N–H and O–H groups in total. The van der Waals surface area contributed by atoms with Crippen molar-refractivity contribution in [2.75, 3.05) is 18.4 Å². The average molecular weight is 377 g/mol. The summed E-state index contributed by atoms with van der Waals surface area (Å²) < 4.78 is 72.4. The van der Waals surface area contributed by atoms with Gasteiger partial charge in [0.25, 0.3) is 10.2 Å². The van der Waals surface area contributed by atoms with Crippen molar-refractivity contribution in [3.8, 4) is 0 Å².